The van der Waals surface area contributed by atoms with Crippen molar-refractivity contribution in [2.75, 3.05) is 0 Å². The van der Waals surface area contributed by atoms with Gasteiger partial charge in [-0.15, -0.1) is 0 Å². The van der Waals surface area contributed by atoms with Crippen molar-refractivity contribution in [1.82, 2.24) is 4.53 Å². The normalized spacial score (nSPS) is 18.1. The number of amides is 1. The van der Waals surface area contributed by atoms with Gasteiger partial charge in [-0.25, -0.2) is 0 Å². The van der Waals surface area contributed by atoms with E-state index in [4.69, 9.17) is 0 Å². The minimum atomic E-state index is -4.26. The molecule has 80 valence electrons. The number of benzene rings is 1. The van der Waals surface area contributed by atoms with Gasteiger partial charge in [0.15, 0.2) is 0 Å². The summed E-state index contributed by atoms with van der Waals surface area (Å²) in [6.07, 6.45) is 0. The second-order valence-corrected chi connectivity index (χ2v) is 5.12. The number of fused-ring (bicyclic) bond motifs is 1. The summed E-state index contributed by atoms with van der Waals surface area (Å²) in [5.41, 5.74) is 1.20. The minimum Gasteiger partial charge on any atom is -0.265 e. The van der Waals surface area contributed by atoms with E-state index >= 15 is 0 Å². The molecule has 0 bridgehead atoms. The maximum absolute atomic E-state index is 13.1. The lowest BCUT2D eigenvalue weighted by Crippen LogP contribution is -2.20. The predicted molar refractivity (Wildman–Crippen MR) is 50.4 cm³/mol. The van der Waals surface area contributed by atoms with Gasteiger partial charge < -0.3 is 0 Å². The molecule has 1 amide bonds. The van der Waals surface area contributed by atoms with E-state index in [2.05, 4.69) is 0 Å². The molecule has 0 spiro atoms. The van der Waals surface area contributed by atoms with Gasteiger partial charge in [0.05, 0.1) is 5.56 Å². The first-order valence-electron chi connectivity index (χ1n) is 4.23. The number of nitrogens with zero attached hydrogens (tertiary/aromatic N) is 1. The van der Waals surface area contributed by atoms with Crippen LogP contribution in [-0.2, 0) is 10.0 Å². The average molecular weight is 229 g/mol. The van der Waals surface area contributed by atoms with E-state index in [0.717, 1.165) is 5.56 Å². The molecular formula is C9H8FNO3S. The Hall–Kier alpha value is -1.43. The molecule has 6 heteroatoms. The summed E-state index contributed by atoms with van der Waals surface area (Å²) in [4.78, 5) is 11.1. The zero-order valence-corrected chi connectivity index (χ0v) is 8.93. The van der Waals surface area contributed by atoms with Crippen molar-refractivity contribution in [3.8, 4) is 0 Å². The summed E-state index contributed by atoms with van der Waals surface area (Å²) in [7, 11) is -4.26. The number of hydrogen-bond donors (Lipinski definition) is 0. The zero-order valence-electron chi connectivity index (χ0n) is 8.11. The van der Waals surface area contributed by atoms with Crippen LogP contribution in [0.5, 0.6) is 0 Å². The maximum atomic E-state index is 13.1. The fraction of sp³-hybridized carbons (Fsp3) is 0.222. The number of hydrogen-bond acceptors (Lipinski definition) is 3. The van der Waals surface area contributed by atoms with E-state index < -0.39 is 20.5 Å². The van der Waals surface area contributed by atoms with Crippen LogP contribution in [0.25, 0.3) is 0 Å². The highest BCUT2D eigenvalue weighted by Gasteiger charge is 2.43. The Balaban J connectivity index is 2.90. The molecule has 0 aromatic heterocycles. The van der Waals surface area contributed by atoms with Crippen molar-refractivity contribution >= 4 is 15.9 Å². The molecule has 0 aliphatic carbocycles. The van der Waals surface area contributed by atoms with Crippen molar-refractivity contribution in [3.63, 3.8) is 0 Å². The predicted octanol–water partition coefficient (Wildman–Crippen LogP) is 1.33. The maximum Gasteiger partial charge on any atom is 0.298 e. The molecule has 0 fully saturated rings. The molecule has 1 aromatic rings. The SMILES string of the molecule is Cc1ccc2c(c1C)C(=O)N(F)S2(=O)=O. The summed E-state index contributed by atoms with van der Waals surface area (Å²) in [6.45, 7) is 3.33. The molecule has 0 radical (unpaired) electrons. The van der Waals surface area contributed by atoms with Crippen molar-refractivity contribution < 1.29 is 17.7 Å². The first kappa shape index (κ1) is 10.1. The molecule has 0 saturated heterocycles. The second kappa shape index (κ2) is 2.79. The van der Waals surface area contributed by atoms with E-state index in [0.29, 0.717) is 5.56 Å². The molecule has 15 heavy (non-hydrogen) atoms. The van der Waals surface area contributed by atoms with Gasteiger partial charge in [0, 0.05) is 0 Å². The van der Waals surface area contributed by atoms with Crippen molar-refractivity contribution in [3.05, 3.63) is 28.8 Å². The van der Waals surface area contributed by atoms with Gasteiger partial charge in [-0.2, -0.15) is 8.42 Å². The Labute approximate surface area is 86.3 Å². The number of rotatable bonds is 0. The number of carbonyl (C=O) groups excluding carboxylic acids is 1. The third-order valence-electron chi connectivity index (χ3n) is 2.56. The number of carbonyl (C=O) groups is 1. The Morgan fingerprint density at radius 3 is 2.47 bits per heavy atom. The zero-order chi connectivity index (χ0) is 11.4. The lowest BCUT2D eigenvalue weighted by molar-refractivity contribution is 0.0609. The van der Waals surface area contributed by atoms with E-state index in [1.165, 1.54) is 6.07 Å². The Kier molecular flexibility index (Phi) is 1.88. The summed E-state index contributed by atoms with van der Waals surface area (Å²) in [6, 6.07) is 2.81. The van der Waals surface area contributed by atoms with Crippen LogP contribution in [0.15, 0.2) is 17.0 Å². The van der Waals surface area contributed by atoms with Crippen LogP contribution in [0, 0.1) is 13.8 Å². The van der Waals surface area contributed by atoms with Crippen molar-refractivity contribution in [2.45, 2.75) is 18.7 Å². The third kappa shape index (κ3) is 1.11. The van der Waals surface area contributed by atoms with Crippen LogP contribution in [-0.4, -0.2) is 18.9 Å². The van der Waals surface area contributed by atoms with Crippen molar-refractivity contribution in [1.29, 1.82) is 0 Å². The number of sulfonamides is 1. The molecule has 0 saturated carbocycles. The minimum absolute atomic E-state index is 0.0579. The summed E-state index contributed by atoms with van der Waals surface area (Å²) >= 11 is 0. The highest BCUT2D eigenvalue weighted by atomic mass is 32.2. The average Bonchev–Trinajstić information content (AvgIpc) is 2.34. The van der Waals surface area contributed by atoms with Gasteiger partial charge in [0.1, 0.15) is 4.90 Å². The lowest BCUT2D eigenvalue weighted by atomic mass is 10.0. The highest BCUT2D eigenvalue weighted by molar-refractivity contribution is 7.90. The molecule has 1 heterocycles. The fourth-order valence-electron chi connectivity index (χ4n) is 1.56. The molecule has 0 unspecified atom stereocenters. The van der Waals surface area contributed by atoms with Gasteiger partial charge in [-0.05, 0) is 31.0 Å². The van der Waals surface area contributed by atoms with Crippen LogP contribution in [0.1, 0.15) is 21.5 Å². The topological polar surface area (TPSA) is 54.5 Å². The smallest absolute Gasteiger partial charge is 0.265 e. The van der Waals surface area contributed by atoms with E-state index in [1.54, 1.807) is 19.9 Å². The highest BCUT2D eigenvalue weighted by Crippen LogP contribution is 2.33. The number of aryl methyl sites for hydroxylation is 1. The third-order valence-corrected chi connectivity index (χ3v) is 4.04. The second-order valence-electron chi connectivity index (χ2n) is 3.41. The summed E-state index contributed by atoms with van der Waals surface area (Å²) in [5.74, 6) is -1.11. The van der Waals surface area contributed by atoms with Crippen LogP contribution in [0.2, 0.25) is 0 Å². The molecule has 1 aliphatic heterocycles. The van der Waals surface area contributed by atoms with Crippen molar-refractivity contribution in [2.24, 2.45) is 0 Å². The van der Waals surface area contributed by atoms with Gasteiger partial charge in [-0.1, -0.05) is 15.1 Å². The first-order valence-corrected chi connectivity index (χ1v) is 5.67. The lowest BCUT2D eigenvalue weighted by Gasteiger charge is -2.02. The van der Waals surface area contributed by atoms with Gasteiger partial charge in [-0.3, -0.25) is 4.79 Å². The molecular weight excluding hydrogens is 221 g/mol. The van der Waals surface area contributed by atoms with Gasteiger partial charge in [0.2, 0.25) is 0 Å². The fourth-order valence-corrected chi connectivity index (χ4v) is 2.78. The monoisotopic (exact) mass is 229 g/mol. The van der Waals surface area contributed by atoms with E-state index in [-0.39, 0.29) is 10.5 Å². The molecule has 0 atom stereocenters. The molecule has 4 nitrogen and oxygen atoms in total. The Bertz CT molecular complexity index is 565. The molecule has 0 N–H and O–H groups in total. The number of halogens is 1. The summed E-state index contributed by atoms with van der Waals surface area (Å²) in [5, 5.41) is 0. The Morgan fingerprint density at radius 1 is 1.27 bits per heavy atom. The largest absolute Gasteiger partial charge is 0.298 e. The summed E-state index contributed by atoms with van der Waals surface area (Å²) < 4.78 is 35.2. The van der Waals surface area contributed by atoms with Crippen LogP contribution < -0.4 is 0 Å². The van der Waals surface area contributed by atoms with E-state index in [9.17, 15) is 17.7 Å². The first-order chi connectivity index (χ1) is 6.87. The van der Waals surface area contributed by atoms with Gasteiger partial charge >= 0.3 is 0 Å². The van der Waals surface area contributed by atoms with E-state index in [1.807, 2.05) is 0 Å². The Morgan fingerprint density at radius 2 is 1.87 bits per heavy atom. The standard InChI is InChI=1S/C9H8FNO3S/c1-5-3-4-7-8(6(5)2)9(12)11(10)15(7,13)14/h3-4H,1-2H3. The molecule has 2 rings (SSSR count). The van der Waals surface area contributed by atoms with Gasteiger partial charge in [0.25, 0.3) is 15.9 Å². The quantitative estimate of drug-likeness (QED) is 0.631. The van der Waals surface area contributed by atoms with Crippen LogP contribution in [0.4, 0.5) is 4.48 Å². The van der Waals surface area contributed by atoms with Crippen LogP contribution in [0.3, 0.4) is 0 Å². The molecule has 1 aliphatic rings. The van der Waals surface area contributed by atoms with Crippen LogP contribution >= 0.6 is 0 Å². The molecule has 1 aromatic carbocycles.